The Morgan fingerprint density at radius 3 is 1.88 bits per heavy atom. The topological polar surface area (TPSA) is 97.0 Å². The molecule has 2 N–H and O–H groups in total. The first-order valence-corrected chi connectivity index (χ1v) is 14.3. The molecular formula is C34H40N2O5. The number of ether oxygens (including phenoxy) is 2. The Hall–Kier alpha value is -3.81. The Labute approximate surface area is 242 Å². The van der Waals surface area contributed by atoms with Crippen molar-refractivity contribution in [3.05, 3.63) is 108 Å². The van der Waals surface area contributed by atoms with Crippen molar-refractivity contribution in [3.63, 3.8) is 0 Å². The number of hydrogen-bond donors (Lipinski definition) is 2. The van der Waals surface area contributed by atoms with Crippen molar-refractivity contribution < 1.29 is 23.9 Å². The van der Waals surface area contributed by atoms with Gasteiger partial charge in [-0.15, -0.1) is 0 Å². The second-order valence-corrected chi connectivity index (χ2v) is 11.1. The number of hydrogen-bond acceptors (Lipinski definition) is 6. The average Bonchev–Trinajstić information content (AvgIpc) is 3.74. The lowest BCUT2D eigenvalue weighted by Gasteiger charge is -2.24. The third-order valence-corrected chi connectivity index (χ3v) is 7.21. The fraction of sp³-hybridized carbons (Fsp3) is 0.382. The van der Waals surface area contributed by atoms with Gasteiger partial charge in [-0.3, -0.25) is 14.9 Å². The molecule has 2 unspecified atom stereocenters. The van der Waals surface area contributed by atoms with Gasteiger partial charge < -0.3 is 14.8 Å². The van der Waals surface area contributed by atoms with Crippen LogP contribution >= 0.6 is 0 Å². The molecule has 3 aromatic rings. The highest BCUT2D eigenvalue weighted by molar-refractivity contribution is 6.35. The SMILES string of the molecule is CC(C)C[C@@H]1O[C@@H]1[C@H](Cc1ccccc1)NC(=O)C(C)NC(Cc1ccccc1)C(=O)C(=O)OCc1ccccc1. The predicted molar refractivity (Wildman–Crippen MR) is 158 cm³/mol. The van der Waals surface area contributed by atoms with E-state index in [2.05, 4.69) is 24.5 Å². The summed E-state index contributed by atoms with van der Waals surface area (Å²) in [6.45, 7) is 6.02. The molecule has 1 aliphatic heterocycles. The number of nitrogens with one attached hydrogen (secondary N) is 2. The predicted octanol–water partition coefficient (Wildman–Crippen LogP) is 4.43. The lowest BCUT2D eigenvalue weighted by atomic mass is 9.97. The molecule has 1 amide bonds. The molecule has 0 aromatic heterocycles. The van der Waals surface area contributed by atoms with E-state index in [0.29, 0.717) is 12.3 Å². The van der Waals surface area contributed by atoms with E-state index in [9.17, 15) is 14.4 Å². The maximum absolute atomic E-state index is 13.4. The Morgan fingerprint density at radius 2 is 1.32 bits per heavy atom. The molecule has 7 heteroatoms. The zero-order valence-electron chi connectivity index (χ0n) is 24.0. The van der Waals surface area contributed by atoms with Crippen molar-refractivity contribution in [2.75, 3.05) is 0 Å². The fourth-order valence-electron chi connectivity index (χ4n) is 4.98. The molecule has 0 radical (unpaired) electrons. The van der Waals surface area contributed by atoms with Crippen molar-refractivity contribution in [2.45, 2.75) is 77.0 Å². The molecular weight excluding hydrogens is 516 g/mol. The van der Waals surface area contributed by atoms with E-state index in [1.165, 1.54) is 0 Å². The summed E-state index contributed by atoms with van der Waals surface area (Å²) in [7, 11) is 0. The number of Topliss-reactive ketones (excluding diaryl/α,β-unsaturated/α-hetero) is 1. The molecule has 0 bridgehead atoms. The Morgan fingerprint density at radius 1 is 0.780 bits per heavy atom. The molecule has 3 aromatic carbocycles. The van der Waals surface area contributed by atoms with Gasteiger partial charge >= 0.3 is 5.97 Å². The van der Waals surface area contributed by atoms with Gasteiger partial charge in [-0.1, -0.05) is 105 Å². The van der Waals surface area contributed by atoms with Gasteiger partial charge in [0, 0.05) is 0 Å². The summed E-state index contributed by atoms with van der Waals surface area (Å²) in [5.41, 5.74) is 2.76. The van der Waals surface area contributed by atoms with Crippen LogP contribution in [0.1, 0.15) is 43.9 Å². The van der Waals surface area contributed by atoms with Crippen molar-refractivity contribution in [1.82, 2.24) is 10.6 Å². The second kappa shape index (κ2) is 14.7. The zero-order chi connectivity index (χ0) is 29.2. The number of epoxide rings is 1. The molecule has 216 valence electrons. The van der Waals surface area contributed by atoms with E-state index in [1.807, 2.05) is 91.0 Å². The number of carbonyl (C=O) groups is 3. The van der Waals surface area contributed by atoms with Crippen LogP contribution in [-0.4, -0.2) is 48.0 Å². The fourth-order valence-corrected chi connectivity index (χ4v) is 4.98. The number of amides is 1. The van der Waals surface area contributed by atoms with Crippen LogP contribution in [0, 0.1) is 5.92 Å². The highest BCUT2D eigenvalue weighted by atomic mass is 16.6. The molecule has 7 nitrogen and oxygen atoms in total. The Kier molecular flexibility index (Phi) is 10.8. The van der Waals surface area contributed by atoms with Crippen LogP contribution in [0.4, 0.5) is 0 Å². The molecule has 1 heterocycles. The molecule has 41 heavy (non-hydrogen) atoms. The second-order valence-electron chi connectivity index (χ2n) is 11.1. The summed E-state index contributed by atoms with van der Waals surface area (Å²) in [6, 6.07) is 26.7. The van der Waals surface area contributed by atoms with Crippen LogP contribution in [0.5, 0.6) is 0 Å². The smallest absolute Gasteiger partial charge is 0.376 e. The standard InChI is InChI=1S/C34H40N2O5/c1-23(2)19-30-32(41-30)29(21-26-15-9-5-10-16-26)36-33(38)24(3)35-28(20-25-13-7-4-8-14-25)31(37)34(39)40-22-27-17-11-6-12-18-27/h4-18,23-24,28-30,32,35H,19-22H2,1-3H3,(H,36,38)/t24?,28?,29-,30-,32+/m0/s1. The summed E-state index contributed by atoms with van der Waals surface area (Å²) in [5.74, 6) is -1.41. The maximum Gasteiger partial charge on any atom is 0.376 e. The molecule has 0 aliphatic carbocycles. The van der Waals surface area contributed by atoms with Crippen molar-refractivity contribution in [2.24, 2.45) is 5.92 Å². The van der Waals surface area contributed by atoms with Gasteiger partial charge in [-0.05, 0) is 48.8 Å². The van der Waals surface area contributed by atoms with Gasteiger partial charge in [-0.2, -0.15) is 0 Å². The first kappa shape index (κ1) is 30.2. The van der Waals surface area contributed by atoms with Crippen molar-refractivity contribution in [3.8, 4) is 0 Å². The highest BCUT2D eigenvalue weighted by Crippen LogP contribution is 2.32. The lowest BCUT2D eigenvalue weighted by Crippen LogP contribution is -2.54. The van der Waals surface area contributed by atoms with Crippen LogP contribution in [0.3, 0.4) is 0 Å². The minimum atomic E-state index is -0.931. The normalized spacial score (nSPS) is 18.2. The van der Waals surface area contributed by atoms with Gasteiger partial charge in [0.05, 0.1) is 24.2 Å². The summed E-state index contributed by atoms with van der Waals surface area (Å²) in [6.07, 6.45) is 1.85. The third kappa shape index (κ3) is 9.37. The summed E-state index contributed by atoms with van der Waals surface area (Å²) in [4.78, 5) is 39.5. The summed E-state index contributed by atoms with van der Waals surface area (Å²) >= 11 is 0. The first-order valence-electron chi connectivity index (χ1n) is 14.3. The largest absolute Gasteiger partial charge is 0.455 e. The number of ketones is 1. The van der Waals surface area contributed by atoms with Crippen LogP contribution in [0.25, 0.3) is 0 Å². The van der Waals surface area contributed by atoms with Gasteiger partial charge in [-0.25, -0.2) is 4.79 Å². The quantitative estimate of drug-likeness (QED) is 0.163. The lowest BCUT2D eigenvalue weighted by molar-refractivity contribution is -0.156. The van der Waals surface area contributed by atoms with E-state index in [1.54, 1.807) is 6.92 Å². The number of carbonyl (C=O) groups excluding carboxylic acids is 3. The van der Waals surface area contributed by atoms with E-state index in [0.717, 1.165) is 23.1 Å². The Balaban J connectivity index is 1.42. The summed E-state index contributed by atoms with van der Waals surface area (Å²) in [5, 5.41) is 6.27. The monoisotopic (exact) mass is 556 g/mol. The number of rotatable bonds is 15. The van der Waals surface area contributed by atoms with Crippen LogP contribution in [0.2, 0.25) is 0 Å². The number of esters is 1. The van der Waals surface area contributed by atoms with Gasteiger partial charge in [0.15, 0.2) is 0 Å². The van der Waals surface area contributed by atoms with Crippen LogP contribution in [-0.2, 0) is 43.3 Å². The molecule has 4 rings (SSSR count). The molecule has 1 aliphatic rings. The summed E-state index contributed by atoms with van der Waals surface area (Å²) < 4.78 is 11.3. The average molecular weight is 557 g/mol. The van der Waals surface area contributed by atoms with Crippen molar-refractivity contribution in [1.29, 1.82) is 0 Å². The van der Waals surface area contributed by atoms with E-state index in [-0.39, 0.29) is 37.2 Å². The van der Waals surface area contributed by atoms with Crippen LogP contribution < -0.4 is 10.6 Å². The molecule has 0 spiro atoms. The highest BCUT2D eigenvalue weighted by Gasteiger charge is 2.45. The Bertz CT molecular complexity index is 1270. The maximum atomic E-state index is 13.4. The first-order chi connectivity index (χ1) is 19.8. The molecule has 1 saturated heterocycles. The van der Waals surface area contributed by atoms with Gasteiger partial charge in [0.1, 0.15) is 12.7 Å². The third-order valence-electron chi connectivity index (χ3n) is 7.21. The molecule has 5 atom stereocenters. The molecule has 0 saturated carbocycles. The number of benzene rings is 3. The zero-order valence-corrected chi connectivity index (χ0v) is 24.0. The van der Waals surface area contributed by atoms with Gasteiger partial charge in [0.25, 0.3) is 5.78 Å². The minimum absolute atomic E-state index is 0.000389. The minimum Gasteiger partial charge on any atom is -0.455 e. The molecule has 1 fully saturated rings. The van der Waals surface area contributed by atoms with Gasteiger partial charge in [0.2, 0.25) is 5.91 Å². The van der Waals surface area contributed by atoms with Crippen LogP contribution in [0.15, 0.2) is 91.0 Å². The van der Waals surface area contributed by atoms with Crippen molar-refractivity contribution >= 4 is 17.7 Å². The van der Waals surface area contributed by atoms with E-state index < -0.39 is 23.8 Å². The van der Waals surface area contributed by atoms with E-state index in [4.69, 9.17) is 9.47 Å². The van der Waals surface area contributed by atoms with E-state index >= 15 is 0 Å².